The molecule has 5 atom stereocenters. The topological polar surface area (TPSA) is 169 Å². The largest absolute Gasteiger partial charge is 0.507 e. The molecule has 2 aromatic carbocycles. The molecule has 0 aromatic heterocycles. The third-order valence-corrected chi connectivity index (χ3v) is 8.45. The molecule has 2 aromatic rings. The molecule has 0 bridgehead atoms. The number of hydrogen-bond donors (Lipinski definition) is 5. The highest BCUT2D eigenvalue weighted by molar-refractivity contribution is 6.30. The van der Waals surface area contributed by atoms with E-state index in [1.165, 1.54) is 24.3 Å². The van der Waals surface area contributed by atoms with Crippen molar-refractivity contribution in [2.45, 2.75) is 63.4 Å². The number of Topliss-reactive ketones (excluding diaryl/α,β-unsaturated/α-hetero) is 2. The van der Waals surface area contributed by atoms with Crippen LogP contribution in [0.3, 0.4) is 0 Å². The van der Waals surface area contributed by atoms with Gasteiger partial charge in [-0.1, -0.05) is 0 Å². The fourth-order valence-electron chi connectivity index (χ4n) is 6.62. The Bertz CT molecular complexity index is 1610. The Hall–Kier alpha value is -3.76. The van der Waals surface area contributed by atoms with Crippen LogP contribution in [0.5, 0.6) is 5.75 Å². The maximum Gasteiger partial charge on any atom is 0.198 e. The van der Waals surface area contributed by atoms with Gasteiger partial charge in [-0.25, -0.2) is 0 Å². The molecule has 0 saturated heterocycles. The zero-order valence-corrected chi connectivity index (χ0v) is 21.2. The van der Waals surface area contributed by atoms with Crippen LogP contribution in [0.1, 0.15) is 73.7 Å². The summed E-state index contributed by atoms with van der Waals surface area (Å²) in [5.41, 5.74) is 0.593. The molecule has 4 aliphatic rings. The number of aliphatic hydroxyl groups is 4. The first-order valence-electron chi connectivity index (χ1n) is 12.8. The molecule has 0 amide bonds. The number of fused-ring (bicyclic) bond motifs is 2. The summed E-state index contributed by atoms with van der Waals surface area (Å²) in [6.07, 6.45) is -5.53. The fraction of sp³-hybridized carbons (Fsp3) is 0.333. The summed E-state index contributed by atoms with van der Waals surface area (Å²) in [7, 11) is 0. The van der Waals surface area contributed by atoms with Gasteiger partial charge in [-0.3, -0.25) is 19.2 Å². The van der Waals surface area contributed by atoms with E-state index in [0.29, 0.717) is 16.7 Å². The molecular formula is C30H26O9. The van der Waals surface area contributed by atoms with E-state index in [2.05, 4.69) is 0 Å². The van der Waals surface area contributed by atoms with Crippen molar-refractivity contribution in [2.24, 2.45) is 0 Å². The van der Waals surface area contributed by atoms with Crippen LogP contribution in [0.2, 0.25) is 0 Å². The molecule has 1 unspecified atom stereocenters. The number of aryl methyl sites for hydroxylation is 2. The van der Waals surface area contributed by atoms with Gasteiger partial charge >= 0.3 is 0 Å². The molecule has 9 heteroatoms. The van der Waals surface area contributed by atoms with E-state index < -0.39 is 53.5 Å². The number of rotatable bonds is 1. The minimum Gasteiger partial charge on any atom is -0.507 e. The molecule has 9 nitrogen and oxygen atoms in total. The Kier molecular flexibility index (Phi) is 5.64. The highest BCUT2D eigenvalue weighted by atomic mass is 16.3. The maximum absolute atomic E-state index is 13.5. The zero-order valence-electron chi connectivity index (χ0n) is 21.2. The summed E-state index contributed by atoms with van der Waals surface area (Å²) in [5.74, 6) is -3.75. The number of phenols is 1. The van der Waals surface area contributed by atoms with E-state index in [0.717, 1.165) is 0 Å². The van der Waals surface area contributed by atoms with Crippen molar-refractivity contribution in [3.05, 3.63) is 85.5 Å². The van der Waals surface area contributed by atoms with Crippen LogP contribution in [0.25, 0.3) is 0 Å². The van der Waals surface area contributed by atoms with E-state index in [-0.39, 0.29) is 69.6 Å². The second-order valence-electron chi connectivity index (χ2n) is 10.8. The van der Waals surface area contributed by atoms with Crippen molar-refractivity contribution in [3.63, 3.8) is 0 Å². The molecule has 0 spiro atoms. The Labute approximate surface area is 222 Å². The maximum atomic E-state index is 13.5. The van der Waals surface area contributed by atoms with Gasteiger partial charge in [0.25, 0.3) is 0 Å². The standard InChI is InChI=1S/C30H26O9/c1-10-5-16-21(19(33)6-10)27(36)13-7-11(2)12(8-14(13)26(16)35)15-9-20(34)24-25(28(15)37)30(39)23-18(32)4-3-17(31)22(23)29(24)38/h5-8,15,17-18,20,28,31-34,37H,3-4,9H2,1-2H3/t15?,17-,18-,20+,28-/m0/s1. The predicted octanol–water partition coefficient (Wildman–Crippen LogP) is 1.25. The van der Waals surface area contributed by atoms with Crippen molar-refractivity contribution in [2.75, 3.05) is 0 Å². The fourth-order valence-corrected chi connectivity index (χ4v) is 6.62. The smallest absolute Gasteiger partial charge is 0.198 e. The van der Waals surface area contributed by atoms with Gasteiger partial charge in [0.15, 0.2) is 23.1 Å². The van der Waals surface area contributed by atoms with Crippen LogP contribution in [-0.4, -0.2) is 73.1 Å². The van der Waals surface area contributed by atoms with Crippen LogP contribution in [-0.2, 0) is 9.59 Å². The zero-order chi connectivity index (χ0) is 28.1. The van der Waals surface area contributed by atoms with Gasteiger partial charge in [0.05, 0.1) is 30.0 Å². The number of phenolic OH excluding ortho intramolecular Hbond substituents is 1. The Morgan fingerprint density at radius 2 is 1.21 bits per heavy atom. The normalized spacial score (nSPS) is 28.3. The van der Waals surface area contributed by atoms with Crippen molar-refractivity contribution in [3.8, 4) is 5.75 Å². The second kappa shape index (κ2) is 8.62. The van der Waals surface area contributed by atoms with Crippen LogP contribution in [0.15, 0.2) is 46.6 Å². The average molecular weight is 531 g/mol. The summed E-state index contributed by atoms with van der Waals surface area (Å²) in [5, 5.41) is 53.8. The van der Waals surface area contributed by atoms with Gasteiger partial charge < -0.3 is 25.5 Å². The van der Waals surface area contributed by atoms with Gasteiger partial charge in [-0.2, -0.15) is 0 Å². The number of hydrogen-bond acceptors (Lipinski definition) is 9. The van der Waals surface area contributed by atoms with Crippen LogP contribution < -0.4 is 0 Å². The lowest BCUT2D eigenvalue weighted by Gasteiger charge is -2.40. The Morgan fingerprint density at radius 3 is 1.85 bits per heavy atom. The molecular weight excluding hydrogens is 504 g/mol. The summed E-state index contributed by atoms with van der Waals surface area (Å²) >= 11 is 0. The van der Waals surface area contributed by atoms with E-state index >= 15 is 0 Å². The first kappa shape index (κ1) is 25.5. The molecule has 0 saturated carbocycles. The summed E-state index contributed by atoms with van der Waals surface area (Å²) < 4.78 is 0. The predicted molar refractivity (Wildman–Crippen MR) is 136 cm³/mol. The van der Waals surface area contributed by atoms with Crippen molar-refractivity contribution >= 4 is 23.1 Å². The molecule has 6 rings (SSSR count). The lowest BCUT2D eigenvalue weighted by molar-refractivity contribution is -0.121. The number of aromatic hydroxyl groups is 1. The van der Waals surface area contributed by atoms with Crippen molar-refractivity contribution < 1.29 is 44.7 Å². The third kappa shape index (κ3) is 3.47. The number of benzene rings is 2. The quantitative estimate of drug-likeness (QED) is 0.291. The number of carbonyl (C=O) groups is 4. The number of carbonyl (C=O) groups excluding carboxylic acids is 4. The molecule has 5 N–H and O–H groups in total. The minimum absolute atomic E-state index is 0.0615. The Balaban J connectivity index is 1.45. The van der Waals surface area contributed by atoms with Gasteiger partial charge in [-0.15, -0.1) is 0 Å². The molecule has 200 valence electrons. The van der Waals surface area contributed by atoms with Crippen LogP contribution >= 0.6 is 0 Å². The second-order valence-corrected chi connectivity index (χ2v) is 10.8. The lowest BCUT2D eigenvalue weighted by atomic mass is 9.65. The number of aliphatic hydroxyl groups excluding tert-OH is 4. The van der Waals surface area contributed by atoms with Crippen molar-refractivity contribution in [1.29, 1.82) is 0 Å². The highest BCUT2D eigenvalue weighted by Gasteiger charge is 2.50. The molecule has 39 heavy (non-hydrogen) atoms. The molecule has 0 aliphatic heterocycles. The average Bonchev–Trinajstić information content (AvgIpc) is 2.87. The first-order chi connectivity index (χ1) is 18.4. The van der Waals surface area contributed by atoms with E-state index in [1.807, 2.05) is 0 Å². The minimum atomic E-state index is -1.55. The highest BCUT2D eigenvalue weighted by Crippen LogP contribution is 2.46. The molecule has 0 fully saturated rings. The first-order valence-corrected chi connectivity index (χ1v) is 12.8. The number of ketones is 4. The summed E-state index contributed by atoms with van der Waals surface area (Å²) in [4.78, 5) is 53.5. The van der Waals surface area contributed by atoms with Gasteiger partial charge in [0.1, 0.15) is 5.75 Å². The lowest BCUT2D eigenvalue weighted by Crippen LogP contribution is -2.47. The van der Waals surface area contributed by atoms with E-state index in [1.54, 1.807) is 13.8 Å². The van der Waals surface area contributed by atoms with Crippen LogP contribution in [0, 0.1) is 13.8 Å². The van der Waals surface area contributed by atoms with E-state index in [9.17, 15) is 44.7 Å². The van der Waals surface area contributed by atoms with E-state index in [4.69, 9.17) is 0 Å². The molecule has 0 radical (unpaired) electrons. The van der Waals surface area contributed by atoms with Gasteiger partial charge in [0, 0.05) is 44.9 Å². The summed E-state index contributed by atoms with van der Waals surface area (Å²) in [6.45, 7) is 3.35. The monoisotopic (exact) mass is 530 g/mol. The van der Waals surface area contributed by atoms with Crippen LogP contribution in [0.4, 0.5) is 0 Å². The summed E-state index contributed by atoms with van der Waals surface area (Å²) in [6, 6.07) is 5.90. The SMILES string of the molecule is Cc1cc(O)c2c(c1)C(=O)c1cc(C3C[C@@H](O)C4=C(C(=O)C5=C(C4=O)[C@@H](O)CC[C@@H]5O)[C@H]3O)c(C)cc1C2=O. The Morgan fingerprint density at radius 1 is 0.641 bits per heavy atom. The third-order valence-electron chi connectivity index (χ3n) is 8.45. The van der Waals surface area contributed by atoms with Gasteiger partial charge in [-0.05, 0) is 74.1 Å². The molecule has 0 heterocycles. The van der Waals surface area contributed by atoms with Gasteiger partial charge in [0.2, 0.25) is 0 Å². The van der Waals surface area contributed by atoms with Crippen molar-refractivity contribution in [1.82, 2.24) is 0 Å². The molecule has 4 aliphatic carbocycles.